The van der Waals surface area contributed by atoms with Gasteiger partial charge < -0.3 is 29.7 Å². The molecule has 9 nitrogen and oxygen atoms in total. The van der Waals surface area contributed by atoms with Gasteiger partial charge in [-0.25, -0.2) is 9.97 Å². The summed E-state index contributed by atoms with van der Waals surface area (Å²) in [5, 5.41) is 8.00. The number of allylic oxidation sites excluding steroid dienone is 3. The highest BCUT2D eigenvalue weighted by Gasteiger charge is 2.32. The molecule has 3 saturated heterocycles. The van der Waals surface area contributed by atoms with Crippen LogP contribution in [-0.4, -0.2) is 91.1 Å². The number of anilines is 1. The van der Waals surface area contributed by atoms with E-state index in [9.17, 15) is 4.79 Å². The van der Waals surface area contributed by atoms with E-state index in [0.717, 1.165) is 62.1 Å². The summed E-state index contributed by atoms with van der Waals surface area (Å²) < 4.78 is 17.6. The molecule has 0 spiro atoms. The van der Waals surface area contributed by atoms with Crippen molar-refractivity contribution in [3.05, 3.63) is 40.8 Å². The molecule has 0 unspecified atom stereocenters. The van der Waals surface area contributed by atoms with Crippen LogP contribution in [0.1, 0.15) is 61.0 Å². The van der Waals surface area contributed by atoms with E-state index in [-0.39, 0.29) is 24.2 Å². The number of piperidine rings is 1. The van der Waals surface area contributed by atoms with Gasteiger partial charge in [0, 0.05) is 61.9 Å². The number of ether oxygens (including phenoxy) is 3. The highest BCUT2D eigenvalue weighted by atomic mass is 35.5. The molecule has 10 heteroatoms. The van der Waals surface area contributed by atoms with Crippen molar-refractivity contribution in [2.45, 2.75) is 82.3 Å². The predicted molar refractivity (Wildman–Crippen MR) is 151 cm³/mol. The molecule has 39 heavy (non-hydrogen) atoms. The molecule has 0 bridgehead atoms. The molecule has 1 aromatic rings. The first-order valence-electron chi connectivity index (χ1n) is 14.4. The number of aromatic nitrogens is 2. The second kappa shape index (κ2) is 13.5. The number of likely N-dealkylation sites (tertiary alicyclic amines) is 1. The molecule has 3 fully saturated rings. The molecular weight excluding hydrogens is 518 g/mol. The van der Waals surface area contributed by atoms with Crippen LogP contribution >= 0.6 is 11.6 Å². The van der Waals surface area contributed by atoms with Gasteiger partial charge in [0.1, 0.15) is 17.8 Å². The zero-order chi connectivity index (χ0) is 27.2. The molecule has 1 aromatic heterocycles. The lowest BCUT2D eigenvalue weighted by atomic mass is 9.89. The van der Waals surface area contributed by atoms with Gasteiger partial charge in [0.15, 0.2) is 0 Å². The highest BCUT2D eigenvalue weighted by Crippen LogP contribution is 2.31. The minimum absolute atomic E-state index is 0.0259. The van der Waals surface area contributed by atoms with E-state index >= 15 is 0 Å². The van der Waals surface area contributed by atoms with Crippen LogP contribution in [0.5, 0.6) is 0 Å². The van der Waals surface area contributed by atoms with Gasteiger partial charge in [-0.15, -0.1) is 0 Å². The SMILES string of the molecule is CO[C@H]1COCC[C@H]1NC1CCN(C(=O)c2ncnc(NC[C@H]3CCC[C@@H]([C@H]4C=CC(Cl)=CC4)O3)c2C)CC1. The van der Waals surface area contributed by atoms with Gasteiger partial charge in [-0.05, 0) is 57.9 Å². The van der Waals surface area contributed by atoms with E-state index in [2.05, 4.69) is 32.8 Å². The van der Waals surface area contributed by atoms with Gasteiger partial charge in [0.25, 0.3) is 5.91 Å². The monoisotopic (exact) mass is 559 g/mol. The van der Waals surface area contributed by atoms with Crippen LogP contribution in [0, 0.1) is 12.8 Å². The fraction of sp³-hybridized carbons (Fsp3) is 0.690. The summed E-state index contributed by atoms with van der Waals surface area (Å²) in [5.41, 5.74) is 1.26. The molecule has 5 rings (SSSR count). The summed E-state index contributed by atoms with van der Waals surface area (Å²) >= 11 is 6.09. The molecule has 1 amide bonds. The Hall–Kier alpha value is -2.04. The van der Waals surface area contributed by atoms with Crippen molar-refractivity contribution in [2.24, 2.45) is 5.92 Å². The van der Waals surface area contributed by atoms with E-state index < -0.39 is 0 Å². The number of methoxy groups -OCH3 is 1. The molecule has 1 aliphatic carbocycles. The normalized spacial score (nSPS) is 30.2. The maximum atomic E-state index is 13.4. The Labute approximate surface area is 236 Å². The van der Waals surface area contributed by atoms with E-state index in [1.54, 1.807) is 7.11 Å². The average molecular weight is 560 g/mol. The Morgan fingerprint density at radius 2 is 2.05 bits per heavy atom. The average Bonchev–Trinajstić information content (AvgIpc) is 2.97. The minimum Gasteiger partial charge on any atom is -0.379 e. The topological polar surface area (TPSA) is 97.8 Å². The second-order valence-electron chi connectivity index (χ2n) is 11.1. The Morgan fingerprint density at radius 1 is 1.21 bits per heavy atom. The summed E-state index contributed by atoms with van der Waals surface area (Å²) in [6.07, 6.45) is 15.0. The zero-order valence-electron chi connectivity index (χ0n) is 23.1. The van der Waals surface area contributed by atoms with Gasteiger partial charge in [-0.3, -0.25) is 4.79 Å². The molecule has 0 saturated carbocycles. The Bertz CT molecular complexity index is 1040. The lowest BCUT2D eigenvalue weighted by Gasteiger charge is -2.38. The zero-order valence-corrected chi connectivity index (χ0v) is 23.9. The van der Waals surface area contributed by atoms with E-state index in [1.807, 2.05) is 17.9 Å². The van der Waals surface area contributed by atoms with Gasteiger partial charge in [-0.2, -0.15) is 0 Å². The fourth-order valence-electron chi connectivity index (χ4n) is 6.17. The molecule has 0 radical (unpaired) electrons. The molecule has 0 aromatic carbocycles. The van der Waals surface area contributed by atoms with Crippen LogP contribution in [0.2, 0.25) is 0 Å². The maximum absolute atomic E-state index is 13.4. The third-order valence-corrected chi connectivity index (χ3v) is 8.85. The number of hydrogen-bond donors (Lipinski definition) is 2. The molecule has 214 valence electrons. The van der Waals surface area contributed by atoms with Crippen LogP contribution in [0.3, 0.4) is 0 Å². The van der Waals surface area contributed by atoms with E-state index in [0.29, 0.717) is 55.8 Å². The standard InChI is InChI=1S/C29H42ClN5O4/c1-19-27(29(36)35-13-10-22(11-14-35)34-24-12-15-38-17-26(24)37-2)32-18-33-28(19)31-16-23-4-3-5-25(39-23)20-6-8-21(30)9-7-20/h6,8-9,18,20,22-26,34H,3-5,7,10-17H2,1-2H3,(H,31,32,33)/t20-,23+,24+,25-,26-/m0/s1. The second-order valence-corrected chi connectivity index (χ2v) is 11.6. The molecule has 3 aliphatic heterocycles. The summed E-state index contributed by atoms with van der Waals surface area (Å²) in [6, 6.07) is 0.668. The van der Waals surface area contributed by atoms with Gasteiger partial charge in [0.05, 0.1) is 24.9 Å². The van der Waals surface area contributed by atoms with Crippen molar-refractivity contribution in [3.63, 3.8) is 0 Å². The highest BCUT2D eigenvalue weighted by molar-refractivity contribution is 6.31. The number of rotatable bonds is 8. The van der Waals surface area contributed by atoms with Crippen molar-refractivity contribution in [1.29, 1.82) is 0 Å². The van der Waals surface area contributed by atoms with Gasteiger partial charge in [0.2, 0.25) is 0 Å². The maximum Gasteiger partial charge on any atom is 0.272 e. The quantitative estimate of drug-likeness (QED) is 0.496. The first kappa shape index (κ1) is 28.5. The van der Waals surface area contributed by atoms with Crippen molar-refractivity contribution >= 4 is 23.3 Å². The number of nitrogens with zero attached hydrogens (tertiary/aromatic N) is 3. The van der Waals surface area contributed by atoms with Crippen molar-refractivity contribution in [3.8, 4) is 0 Å². The minimum atomic E-state index is -0.0259. The third-order valence-electron chi connectivity index (χ3n) is 8.57. The number of carbonyl (C=O) groups excluding carboxylic acids is 1. The van der Waals surface area contributed by atoms with Crippen LogP contribution in [0.15, 0.2) is 29.6 Å². The van der Waals surface area contributed by atoms with Crippen LogP contribution in [0.4, 0.5) is 5.82 Å². The van der Waals surface area contributed by atoms with E-state index in [1.165, 1.54) is 6.33 Å². The van der Waals surface area contributed by atoms with Gasteiger partial charge in [-0.1, -0.05) is 23.8 Å². The van der Waals surface area contributed by atoms with Crippen LogP contribution in [0.25, 0.3) is 0 Å². The summed E-state index contributed by atoms with van der Waals surface area (Å²) in [6.45, 7) is 5.38. The number of nitrogens with one attached hydrogen (secondary N) is 2. The van der Waals surface area contributed by atoms with Crippen LogP contribution < -0.4 is 10.6 Å². The first-order chi connectivity index (χ1) is 19.0. The lowest BCUT2D eigenvalue weighted by Crippen LogP contribution is -2.54. The largest absolute Gasteiger partial charge is 0.379 e. The molecule has 2 N–H and O–H groups in total. The number of halogens is 1. The summed E-state index contributed by atoms with van der Waals surface area (Å²) in [7, 11) is 1.74. The smallest absolute Gasteiger partial charge is 0.272 e. The lowest BCUT2D eigenvalue weighted by molar-refractivity contribution is -0.0615. The fourth-order valence-corrected chi connectivity index (χ4v) is 6.33. The molecule has 5 atom stereocenters. The predicted octanol–water partition coefficient (Wildman–Crippen LogP) is 3.83. The molecular formula is C29H42ClN5O4. The van der Waals surface area contributed by atoms with Crippen molar-refractivity contribution in [2.75, 3.05) is 45.3 Å². The summed E-state index contributed by atoms with van der Waals surface area (Å²) in [5.74, 6) is 1.05. The van der Waals surface area contributed by atoms with Crippen molar-refractivity contribution in [1.82, 2.24) is 20.2 Å². The van der Waals surface area contributed by atoms with E-state index in [4.69, 9.17) is 25.8 Å². The first-order valence-corrected chi connectivity index (χ1v) is 14.8. The summed E-state index contributed by atoms with van der Waals surface area (Å²) in [4.78, 5) is 24.2. The Kier molecular flexibility index (Phi) is 9.89. The molecule has 4 aliphatic rings. The van der Waals surface area contributed by atoms with Gasteiger partial charge >= 0.3 is 0 Å². The third kappa shape index (κ3) is 7.19. The number of carbonyl (C=O) groups is 1. The van der Waals surface area contributed by atoms with Crippen molar-refractivity contribution < 1.29 is 19.0 Å². The Balaban J connectivity index is 1.12. The molecule has 4 heterocycles. The van der Waals surface area contributed by atoms with Crippen LogP contribution in [-0.2, 0) is 14.2 Å². The Morgan fingerprint density at radius 3 is 2.82 bits per heavy atom. The number of hydrogen-bond acceptors (Lipinski definition) is 8. The number of amides is 1.